The van der Waals surface area contributed by atoms with Crippen LogP contribution in [0.3, 0.4) is 0 Å². The highest BCUT2D eigenvalue weighted by Crippen LogP contribution is 2.28. The van der Waals surface area contributed by atoms with E-state index in [0.717, 1.165) is 12.8 Å². The molecule has 1 aliphatic heterocycles. The Bertz CT molecular complexity index is 521. The van der Waals surface area contributed by atoms with Crippen LogP contribution in [-0.4, -0.2) is 57.4 Å². The van der Waals surface area contributed by atoms with Crippen LogP contribution in [0.2, 0.25) is 0 Å². The second-order valence-electron chi connectivity index (χ2n) is 5.34. The summed E-state index contributed by atoms with van der Waals surface area (Å²) >= 11 is 0. The van der Waals surface area contributed by atoms with E-state index in [1.807, 2.05) is 4.90 Å². The van der Waals surface area contributed by atoms with Crippen molar-refractivity contribution in [3.63, 3.8) is 0 Å². The van der Waals surface area contributed by atoms with E-state index in [1.165, 1.54) is 0 Å². The first-order valence-electron chi connectivity index (χ1n) is 7.40. The molecule has 0 radical (unpaired) electrons. The van der Waals surface area contributed by atoms with E-state index >= 15 is 0 Å². The van der Waals surface area contributed by atoms with Crippen LogP contribution in [0.1, 0.15) is 23.2 Å². The van der Waals surface area contributed by atoms with Gasteiger partial charge < -0.3 is 24.8 Å². The third-order valence-electron chi connectivity index (χ3n) is 4.17. The van der Waals surface area contributed by atoms with Gasteiger partial charge in [0.15, 0.2) is 0 Å². The molecular weight excluding hydrogens is 284 g/mol. The molecule has 6 heteroatoms. The van der Waals surface area contributed by atoms with Gasteiger partial charge in [0.2, 0.25) is 0 Å². The van der Waals surface area contributed by atoms with Crippen molar-refractivity contribution in [2.75, 3.05) is 34.4 Å². The lowest BCUT2D eigenvalue weighted by Gasteiger charge is -2.38. The number of methoxy groups -OCH3 is 3. The minimum Gasteiger partial charge on any atom is -0.497 e. The highest BCUT2D eigenvalue weighted by Gasteiger charge is 2.32. The Labute approximate surface area is 131 Å². The molecule has 1 aromatic rings. The Kier molecular flexibility index (Phi) is 5.63. The summed E-state index contributed by atoms with van der Waals surface area (Å²) in [7, 11) is 4.82. The highest BCUT2D eigenvalue weighted by molar-refractivity contribution is 5.97. The third kappa shape index (κ3) is 3.34. The third-order valence-corrected chi connectivity index (χ3v) is 4.17. The van der Waals surface area contributed by atoms with E-state index in [1.54, 1.807) is 39.5 Å². The van der Waals surface area contributed by atoms with Gasteiger partial charge in [-0.3, -0.25) is 4.79 Å². The number of amides is 1. The van der Waals surface area contributed by atoms with E-state index < -0.39 is 0 Å². The van der Waals surface area contributed by atoms with Crippen LogP contribution in [0.4, 0.5) is 0 Å². The van der Waals surface area contributed by atoms with Crippen molar-refractivity contribution in [1.82, 2.24) is 4.90 Å². The van der Waals surface area contributed by atoms with Gasteiger partial charge in [0.25, 0.3) is 5.91 Å². The largest absolute Gasteiger partial charge is 0.497 e. The lowest BCUT2D eigenvalue weighted by molar-refractivity contribution is 0.0137. The van der Waals surface area contributed by atoms with Gasteiger partial charge in [-0.1, -0.05) is 0 Å². The highest BCUT2D eigenvalue weighted by atomic mass is 16.5. The number of ether oxygens (including phenoxy) is 3. The summed E-state index contributed by atoms with van der Waals surface area (Å²) in [5.41, 5.74) is 6.34. The Morgan fingerprint density at radius 1 is 1.32 bits per heavy atom. The van der Waals surface area contributed by atoms with Gasteiger partial charge in [0.1, 0.15) is 11.5 Å². The number of nitrogens with zero attached hydrogens (tertiary/aromatic N) is 1. The predicted octanol–water partition coefficient (Wildman–Crippen LogP) is 1.28. The van der Waals surface area contributed by atoms with Gasteiger partial charge in [-0.2, -0.15) is 0 Å². The molecule has 1 amide bonds. The normalized spacial score (nSPS) is 21.5. The van der Waals surface area contributed by atoms with E-state index in [4.69, 9.17) is 19.9 Å². The maximum absolute atomic E-state index is 12.9. The summed E-state index contributed by atoms with van der Waals surface area (Å²) in [6.45, 7) is 1.04. The number of likely N-dealkylation sites (tertiary alicyclic amines) is 1. The molecule has 1 fully saturated rings. The number of hydrogen-bond donors (Lipinski definition) is 1. The number of hydrogen-bond acceptors (Lipinski definition) is 5. The molecule has 22 heavy (non-hydrogen) atoms. The van der Waals surface area contributed by atoms with Gasteiger partial charge in [0.05, 0.1) is 25.9 Å². The number of nitrogens with two attached hydrogens (primary N) is 1. The fraction of sp³-hybridized carbons (Fsp3) is 0.562. The summed E-state index contributed by atoms with van der Waals surface area (Å²) < 4.78 is 15.9. The Morgan fingerprint density at radius 2 is 2.09 bits per heavy atom. The molecule has 1 heterocycles. The van der Waals surface area contributed by atoms with Crippen LogP contribution in [0.5, 0.6) is 11.5 Å². The van der Waals surface area contributed by atoms with Gasteiger partial charge in [-0.25, -0.2) is 0 Å². The first-order chi connectivity index (χ1) is 10.6. The van der Waals surface area contributed by atoms with Crippen molar-refractivity contribution in [1.29, 1.82) is 0 Å². The van der Waals surface area contributed by atoms with Crippen molar-refractivity contribution in [2.45, 2.75) is 25.0 Å². The quantitative estimate of drug-likeness (QED) is 0.887. The maximum atomic E-state index is 12.9. The monoisotopic (exact) mass is 308 g/mol. The predicted molar refractivity (Wildman–Crippen MR) is 83.5 cm³/mol. The van der Waals surface area contributed by atoms with Crippen LogP contribution >= 0.6 is 0 Å². The zero-order valence-corrected chi connectivity index (χ0v) is 13.4. The standard InChI is InChI=1S/C16H24N2O4/c1-20-12-4-5-15(22-3)14(9-12)16(19)18-7-6-13(21-2)8-11(18)10-17/h4-5,9,11,13H,6-8,10,17H2,1-3H3. The van der Waals surface area contributed by atoms with Gasteiger partial charge in [-0.05, 0) is 31.0 Å². The molecule has 1 saturated heterocycles. The van der Waals surface area contributed by atoms with Crippen LogP contribution in [0, 0.1) is 0 Å². The maximum Gasteiger partial charge on any atom is 0.258 e. The Balaban J connectivity index is 2.26. The van der Waals surface area contributed by atoms with E-state index in [2.05, 4.69) is 0 Å². The average molecular weight is 308 g/mol. The molecule has 2 N–H and O–H groups in total. The summed E-state index contributed by atoms with van der Waals surface area (Å²) in [4.78, 5) is 14.7. The lowest BCUT2D eigenvalue weighted by atomic mass is 9.98. The summed E-state index contributed by atoms with van der Waals surface area (Å²) in [6.07, 6.45) is 1.72. The fourth-order valence-corrected chi connectivity index (χ4v) is 2.86. The lowest BCUT2D eigenvalue weighted by Crippen LogP contribution is -2.51. The van der Waals surface area contributed by atoms with Crippen molar-refractivity contribution in [3.8, 4) is 11.5 Å². The molecule has 0 saturated carbocycles. The molecular formula is C16H24N2O4. The molecule has 6 nitrogen and oxygen atoms in total. The second kappa shape index (κ2) is 7.47. The molecule has 2 atom stereocenters. The number of benzene rings is 1. The number of carbonyl (C=O) groups excluding carboxylic acids is 1. The zero-order valence-electron chi connectivity index (χ0n) is 13.4. The van der Waals surface area contributed by atoms with Crippen molar-refractivity contribution >= 4 is 5.91 Å². The van der Waals surface area contributed by atoms with Crippen LogP contribution in [0.15, 0.2) is 18.2 Å². The SMILES string of the molecule is COc1ccc(OC)c(C(=O)N2CCC(OC)CC2CN)c1. The summed E-state index contributed by atoms with van der Waals surface area (Å²) in [5, 5.41) is 0. The van der Waals surface area contributed by atoms with Crippen molar-refractivity contribution in [2.24, 2.45) is 5.73 Å². The Hall–Kier alpha value is -1.79. The zero-order chi connectivity index (χ0) is 16.1. The summed E-state index contributed by atoms with van der Waals surface area (Å²) in [5.74, 6) is 1.08. The number of rotatable bonds is 5. The van der Waals surface area contributed by atoms with Crippen LogP contribution in [0.25, 0.3) is 0 Å². The van der Waals surface area contributed by atoms with Crippen molar-refractivity contribution in [3.05, 3.63) is 23.8 Å². The first kappa shape index (κ1) is 16.6. The smallest absolute Gasteiger partial charge is 0.258 e. The molecule has 122 valence electrons. The molecule has 2 rings (SSSR count). The summed E-state index contributed by atoms with van der Waals surface area (Å²) in [6, 6.07) is 5.19. The molecule has 1 aromatic carbocycles. The molecule has 2 unspecified atom stereocenters. The molecule has 0 spiro atoms. The topological polar surface area (TPSA) is 74.0 Å². The molecule has 1 aliphatic rings. The average Bonchev–Trinajstić information content (AvgIpc) is 2.59. The van der Waals surface area contributed by atoms with Crippen LogP contribution < -0.4 is 15.2 Å². The van der Waals surface area contributed by atoms with Gasteiger partial charge >= 0.3 is 0 Å². The minimum atomic E-state index is -0.0826. The number of carbonyl (C=O) groups is 1. The van der Waals surface area contributed by atoms with E-state index in [-0.39, 0.29) is 18.1 Å². The van der Waals surface area contributed by atoms with Crippen molar-refractivity contribution < 1.29 is 19.0 Å². The van der Waals surface area contributed by atoms with Gasteiger partial charge in [-0.15, -0.1) is 0 Å². The number of piperidine rings is 1. The second-order valence-corrected chi connectivity index (χ2v) is 5.34. The van der Waals surface area contributed by atoms with Gasteiger partial charge in [0, 0.05) is 26.2 Å². The minimum absolute atomic E-state index is 0.0258. The van der Waals surface area contributed by atoms with Crippen LogP contribution in [-0.2, 0) is 4.74 Å². The first-order valence-corrected chi connectivity index (χ1v) is 7.40. The molecule has 0 bridgehead atoms. The Morgan fingerprint density at radius 3 is 2.68 bits per heavy atom. The fourth-order valence-electron chi connectivity index (χ4n) is 2.86. The molecule has 0 aliphatic carbocycles. The van der Waals surface area contributed by atoms with E-state index in [9.17, 15) is 4.79 Å². The van der Waals surface area contributed by atoms with E-state index in [0.29, 0.717) is 30.2 Å². The molecule has 0 aromatic heterocycles.